The molecule has 148 valence electrons. The Morgan fingerprint density at radius 2 is 1.81 bits per heavy atom. The van der Waals surface area contributed by atoms with Crippen molar-refractivity contribution in [3.05, 3.63) is 35.4 Å². The molecule has 1 aliphatic carbocycles. The quantitative estimate of drug-likeness (QED) is 0.354. The molecule has 0 aromatic heterocycles. The second-order valence-electron chi connectivity index (χ2n) is 6.69. The first-order valence-electron chi connectivity index (χ1n) is 8.58. The summed E-state index contributed by atoms with van der Waals surface area (Å²) in [5.41, 5.74) is 0.247. The summed E-state index contributed by atoms with van der Waals surface area (Å²) in [5, 5.41) is 6.55. The Labute approximate surface area is 170 Å². The zero-order valence-electron chi connectivity index (χ0n) is 15.4. The SMILES string of the molecule is CN=C(NCCc1ccc(C(F)(F)F)cc1)NCC(C1CC1)N(C)C.I. The van der Waals surface area contributed by atoms with Gasteiger partial charge in [0.15, 0.2) is 5.96 Å². The van der Waals surface area contributed by atoms with Crippen molar-refractivity contribution in [1.82, 2.24) is 15.5 Å². The summed E-state index contributed by atoms with van der Waals surface area (Å²) in [5.74, 6) is 1.48. The number of alkyl halides is 3. The predicted octanol–water partition coefficient (Wildman–Crippen LogP) is 3.37. The van der Waals surface area contributed by atoms with Gasteiger partial charge in [-0.2, -0.15) is 13.2 Å². The van der Waals surface area contributed by atoms with Crippen molar-refractivity contribution >= 4 is 29.9 Å². The number of nitrogens with zero attached hydrogens (tertiary/aromatic N) is 2. The third-order valence-electron chi connectivity index (χ3n) is 4.52. The van der Waals surface area contributed by atoms with Crippen LogP contribution in [-0.4, -0.2) is 51.1 Å². The largest absolute Gasteiger partial charge is 0.416 e. The van der Waals surface area contributed by atoms with E-state index in [2.05, 4.69) is 34.6 Å². The summed E-state index contributed by atoms with van der Waals surface area (Å²) in [6.45, 7) is 1.44. The minimum Gasteiger partial charge on any atom is -0.356 e. The first kappa shape index (κ1) is 23.0. The summed E-state index contributed by atoms with van der Waals surface area (Å²) in [4.78, 5) is 6.44. The van der Waals surface area contributed by atoms with Crippen LogP contribution in [0.3, 0.4) is 0 Å². The summed E-state index contributed by atoms with van der Waals surface area (Å²) < 4.78 is 37.7. The highest BCUT2D eigenvalue weighted by Crippen LogP contribution is 2.34. The van der Waals surface area contributed by atoms with Crippen molar-refractivity contribution in [2.75, 3.05) is 34.2 Å². The van der Waals surface area contributed by atoms with E-state index in [9.17, 15) is 13.2 Å². The van der Waals surface area contributed by atoms with Gasteiger partial charge in [0.1, 0.15) is 0 Å². The van der Waals surface area contributed by atoms with E-state index < -0.39 is 11.7 Å². The Bertz CT molecular complexity index is 567. The molecule has 0 heterocycles. The average Bonchev–Trinajstić information content (AvgIpc) is 3.37. The summed E-state index contributed by atoms with van der Waals surface area (Å²) in [6, 6.07) is 5.79. The van der Waals surface area contributed by atoms with Gasteiger partial charge in [-0.25, -0.2) is 0 Å². The molecule has 26 heavy (non-hydrogen) atoms. The Hall–Kier alpha value is -1.03. The van der Waals surface area contributed by atoms with E-state index in [0.29, 0.717) is 19.0 Å². The molecule has 1 saturated carbocycles. The van der Waals surface area contributed by atoms with Crippen molar-refractivity contribution in [3.63, 3.8) is 0 Å². The van der Waals surface area contributed by atoms with Gasteiger partial charge in [-0.3, -0.25) is 4.99 Å². The molecule has 2 rings (SSSR count). The van der Waals surface area contributed by atoms with E-state index in [1.165, 1.54) is 25.0 Å². The molecule has 0 aliphatic heterocycles. The molecular formula is C18H28F3IN4. The van der Waals surface area contributed by atoms with Crippen LogP contribution in [0.5, 0.6) is 0 Å². The van der Waals surface area contributed by atoms with Crippen LogP contribution < -0.4 is 10.6 Å². The molecular weight excluding hydrogens is 456 g/mol. The minimum absolute atomic E-state index is 0. The van der Waals surface area contributed by atoms with Crippen molar-refractivity contribution in [2.24, 2.45) is 10.9 Å². The number of rotatable bonds is 7. The number of hydrogen-bond acceptors (Lipinski definition) is 2. The Morgan fingerprint density at radius 1 is 1.19 bits per heavy atom. The molecule has 0 radical (unpaired) electrons. The van der Waals surface area contributed by atoms with Gasteiger partial charge < -0.3 is 15.5 Å². The maximum absolute atomic E-state index is 12.6. The highest BCUT2D eigenvalue weighted by Gasteiger charge is 2.32. The van der Waals surface area contributed by atoms with E-state index in [1.54, 1.807) is 7.05 Å². The lowest BCUT2D eigenvalue weighted by Crippen LogP contribution is -2.46. The van der Waals surface area contributed by atoms with Crippen LogP contribution in [0.2, 0.25) is 0 Å². The van der Waals surface area contributed by atoms with Crippen molar-refractivity contribution in [2.45, 2.75) is 31.5 Å². The molecule has 1 unspecified atom stereocenters. The van der Waals surface area contributed by atoms with Crippen molar-refractivity contribution in [1.29, 1.82) is 0 Å². The van der Waals surface area contributed by atoms with Gasteiger partial charge in [0.2, 0.25) is 0 Å². The molecule has 8 heteroatoms. The molecule has 2 N–H and O–H groups in total. The van der Waals surface area contributed by atoms with Gasteiger partial charge in [-0.1, -0.05) is 12.1 Å². The number of halogens is 4. The van der Waals surface area contributed by atoms with Crippen LogP contribution in [0.1, 0.15) is 24.0 Å². The van der Waals surface area contributed by atoms with E-state index >= 15 is 0 Å². The zero-order valence-corrected chi connectivity index (χ0v) is 17.8. The van der Waals surface area contributed by atoms with Gasteiger partial charge in [0.05, 0.1) is 5.56 Å². The lowest BCUT2D eigenvalue weighted by Gasteiger charge is -2.25. The average molecular weight is 484 g/mol. The number of aliphatic imine (C=N–C) groups is 1. The fourth-order valence-corrected chi connectivity index (χ4v) is 2.86. The third kappa shape index (κ3) is 7.30. The van der Waals surface area contributed by atoms with Crippen LogP contribution in [-0.2, 0) is 12.6 Å². The third-order valence-corrected chi connectivity index (χ3v) is 4.52. The first-order chi connectivity index (χ1) is 11.8. The van der Waals surface area contributed by atoms with Gasteiger partial charge in [-0.05, 0) is 57.0 Å². The fourth-order valence-electron chi connectivity index (χ4n) is 2.86. The highest BCUT2D eigenvalue weighted by molar-refractivity contribution is 14.0. The molecule has 0 amide bonds. The predicted molar refractivity (Wildman–Crippen MR) is 110 cm³/mol. The zero-order chi connectivity index (χ0) is 18.4. The number of guanidine groups is 1. The molecule has 1 atom stereocenters. The molecule has 1 aromatic rings. The Balaban J connectivity index is 0.00000338. The van der Waals surface area contributed by atoms with E-state index in [-0.39, 0.29) is 24.0 Å². The molecule has 4 nitrogen and oxygen atoms in total. The second-order valence-corrected chi connectivity index (χ2v) is 6.69. The lowest BCUT2D eigenvalue weighted by atomic mass is 10.1. The standard InChI is InChI=1S/C18H27F3N4.HI/c1-22-17(24-12-16(25(2)3)14-6-7-14)23-11-10-13-4-8-15(9-5-13)18(19,20)21;/h4-5,8-9,14,16H,6-7,10-12H2,1-3H3,(H2,22,23,24);1H. The van der Waals surface area contributed by atoms with Gasteiger partial charge in [0, 0.05) is 26.2 Å². The number of benzene rings is 1. The maximum atomic E-state index is 12.6. The van der Waals surface area contributed by atoms with Crippen molar-refractivity contribution < 1.29 is 13.2 Å². The van der Waals surface area contributed by atoms with E-state index in [1.807, 2.05) is 0 Å². The summed E-state index contributed by atoms with van der Waals surface area (Å²) >= 11 is 0. The van der Waals surface area contributed by atoms with Gasteiger partial charge in [-0.15, -0.1) is 24.0 Å². The fraction of sp³-hybridized carbons (Fsp3) is 0.611. The molecule has 0 saturated heterocycles. The van der Waals surface area contributed by atoms with E-state index in [4.69, 9.17) is 0 Å². The smallest absolute Gasteiger partial charge is 0.356 e. The van der Waals surface area contributed by atoms with E-state index in [0.717, 1.165) is 36.1 Å². The monoisotopic (exact) mass is 484 g/mol. The number of likely N-dealkylation sites (N-methyl/N-ethyl adjacent to an activating group) is 1. The van der Waals surface area contributed by atoms with Gasteiger partial charge >= 0.3 is 6.18 Å². The Kier molecular flexibility index (Phi) is 9.15. The topological polar surface area (TPSA) is 39.7 Å². The van der Waals surface area contributed by atoms with Gasteiger partial charge in [0.25, 0.3) is 0 Å². The van der Waals surface area contributed by atoms with Crippen LogP contribution in [0.25, 0.3) is 0 Å². The number of hydrogen-bond donors (Lipinski definition) is 2. The normalized spacial score (nSPS) is 16.2. The molecule has 0 bridgehead atoms. The summed E-state index contributed by atoms with van der Waals surface area (Å²) in [7, 11) is 5.90. The molecule has 1 fully saturated rings. The maximum Gasteiger partial charge on any atom is 0.416 e. The molecule has 0 spiro atoms. The Morgan fingerprint density at radius 3 is 2.27 bits per heavy atom. The van der Waals surface area contributed by atoms with Crippen molar-refractivity contribution in [3.8, 4) is 0 Å². The molecule has 1 aliphatic rings. The van der Waals surface area contributed by atoms with Crippen LogP contribution >= 0.6 is 24.0 Å². The minimum atomic E-state index is -4.28. The first-order valence-corrected chi connectivity index (χ1v) is 8.58. The summed E-state index contributed by atoms with van der Waals surface area (Å²) in [6.07, 6.45) is -1.08. The van der Waals surface area contributed by atoms with Crippen LogP contribution in [0, 0.1) is 5.92 Å². The lowest BCUT2D eigenvalue weighted by molar-refractivity contribution is -0.137. The van der Waals surface area contributed by atoms with Crippen LogP contribution in [0.15, 0.2) is 29.3 Å². The number of nitrogens with one attached hydrogen (secondary N) is 2. The highest BCUT2D eigenvalue weighted by atomic mass is 127. The molecule has 1 aromatic carbocycles. The second kappa shape index (κ2) is 10.3. The van der Waals surface area contributed by atoms with Crippen LogP contribution in [0.4, 0.5) is 13.2 Å².